The van der Waals surface area contributed by atoms with Gasteiger partial charge in [0.15, 0.2) is 11.5 Å². The van der Waals surface area contributed by atoms with Gasteiger partial charge < -0.3 is 14.8 Å². The normalized spacial score (nSPS) is 21.3. The molecule has 2 rings (SSSR count). The molecular formula is C12H17NO2. The Kier molecular flexibility index (Phi) is 2.15. The monoisotopic (exact) mass is 210 g/mol. The molecule has 1 N–H and O–H groups in total. The molecule has 0 saturated heterocycles. The molecule has 0 aromatic heterocycles. The largest absolute Gasteiger partial charge is 0.454 e. The Balaban J connectivity index is 2.09. The number of benzene rings is 1. The van der Waals surface area contributed by atoms with E-state index in [1.54, 1.807) is 6.92 Å². The highest BCUT2D eigenvalue weighted by Crippen LogP contribution is 2.32. The van der Waals surface area contributed by atoms with Crippen molar-refractivity contribution in [2.24, 2.45) is 0 Å². The van der Waals surface area contributed by atoms with Crippen LogP contribution in [-0.4, -0.2) is 19.3 Å². The Morgan fingerprint density at radius 3 is 3.13 bits per heavy atom. The second-order valence-corrected chi connectivity index (χ2v) is 3.52. The molecule has 1 aliphatic heterocycles. The smallest absolute Gasteiger partial charge is 0.231 e. The Labute approximate surface area is 94.6 Å². The molecule has 1 aliphatic rings. The number of hydrogen-bond acceptors (Lipinski definition) is 3. The van der Waals surface area contributed by atoms with E-state index in [0.29, 0.717) is 17.9 Å². The van der Waals surface area contributed by atoms with Crippen LogP contribution in [0.25, 0.3) is 0 Å². The van der Waals surface area contributed by atoms with Crippen molar-refractivity contribution in [1.82, 2.24) is 5.32 Å². The molecule has 3 heteroatoms. The fourth-order valence-electron chi connectivity index (χ4n) is 1.61. The molecule has 1 heterocycles. The lowest BCUT2D eigenvalue weighted by molar-refractivity contribution is 0.174. The van der Waals surface area contributed by atoms with Gasteiger partial charge in [0, 0.05) is 10.1 Å². The lowest BCUT2D eigenvalue weighted by Crippen LogP contribution is -2.27. The molecule has 1 aromatic rings. The van der Waals surface area contributed by atoms with Crippen molar-refractivity contribution >= 4 is 0 Å². The van der Waals surface area contributed by atoms with Gasteiger partial charge in [0.05, 0.1) is 0 Å². The van der Waals surface area contributed by atoms with E-state index in [2.05, 4.69) is 5.32 Å². The first-order valence-electron chi connectivity index (χ1n) is 6.43. The number of hydrogen-bond donors (Lipinski definition) is 1. The molecule has 0 aliphatic carbocycles. The van der Waals surface area contributed by atoms with Crippen LogP contribution in [0.15, 0.2) is 18.2 Å². The third-order valence-corrected chi connectivity index (χ3v) is 2.24. The summed E-state index contributed by atoms with van der Waals surface area (Å²) >= 11 is 0. The van der Waals surface area contributed by atoms with E-state index in [1.807, 2.05) is 18.2 Å². The van der Waals surface area contributed by atoms with Gasteiger partial charge in [-0.15, -0.1) is 0 Å². The van der Waals surface area contributed by atoms with Crippen LogP contribution in [0.2, 0.25) is 0 Å². The highest BCUT2D eigenvalue weighted by Gasteiger charge is 2.13. The van der Waals surface area contributed by atoms with E-state index in [0.717, 1.165) is 5.56 Å². The topological polar surface area (TPSA) is 30.5 Å². The highest BCUT2D eigenvalue weighted by atomic mass is 16.7. The van der Waals surface area contributed by atoms with E-state index in [-0.39, 0.29) is 6.79 Å². The van der Waals surface area contributed by atoms with Crippen LogP contribution in [0, 0.1) is 0 Å². The molecular weight excluding hydrogens is 190 g/mol. The summed E-state index contributed by atoms with van der Waals surface area (Å²) in [5.74, 6) is 1.40. The average Bonchev–Trinajstić information content (AvgIpc) is 2.59. The maximum absolute atomic E-state index is 8.09. The number of rotatable bonds is 4. The second-order valence-electron chi connectivity index (χ2n) is 3.52. The van der Waals surface area contributed by atoms with Gasteiger partial charge in [-0.25, -0.2) is 0 Å². The molecule has 1 atom stereocenters. The molecule has 0 radical (unpaired) electrons. The summed E-state index contributed by atoms with van der Waals surface area (Å²) in [4.78, 5) is 0. The molecule has 0 spiro atoms. The third kappa shape index (κ3) is 2.42. The van der Waals surface area contributed by atoms with Crippen LogP contribution < -0.4 is 14.8 Å². The summed E-state index contributed by atoms with van der Waals surface area (Å²) in [6.45, 7) is 1.71. The van der Waals surface area contributed by atoms with Gasteiger partial charge >= 0.3 is 0 Å². The van der Waals surface area contributed by atoms with Crippen molar-refractivity contribution < 1.29 is 13.6 Å². The minimum atomic E-state index is -1.58. The second kappa shape index (κ2) is 4.53. The first-order chi connectivity index (χ1) is 8.25. The zero-order valence-corrected chi connectivity index (χ0v) is 8.96. The fraction of sp³-hybridized carbons (Fsp3) is 0.500. The molecule has 0 amide bonds. The van der Waals surface area contributed by atoms with Crippen molar-refractivity contribution in [3.63, 3.8) is 0 Å². The van der Waals surface area contributed by atoms with Crippen molar-refractivity contribution in [2.45, 2.75) is 26.3 Å². The molecule has 0 saturated carbocycles. The van der Waals surface area contributed by atoms with Crippen molar-refractivity contribution in [2.75, 3.05) is 13.3 Å². The summed E-state index contributed by atoms with van der Waals surface area (Å²) in [6.07, 6.45) is 0.386. The van der Waals surface area contributed by atoms with E-state index >= 15 is 0 Å². The van der Waals surface area contributed by atoms with Crippen LogP contribution in [-0.2, 0) is 6.42 Å². The number of ether oxygens (including phenoxy) is 2. The summed E-state index contributed by atoms with van der Waals surface area (Å²) in [7, 11) is 0. The van der Waals surface area contributed by atoms with Gasteiger partial charge in [-0.3, -0.25) is 0 Å². The Bertz CT molecular complexity index is 443. The van der Waals surface area contributed by atoms with Gasteiger partial charge in [0.1, 0.15) is 0 Å². The van der Waals surface area contributed by atoms with Crippen molar-refractivity contribution in [3.05, 3.63) is 23.8 Å². The predicted octanol–water partition coefficient (Wildman–Crippen LogP) is 1.96. The van der Waals surface area contributed by atoms with Gasteiger partial charge in [0.25, 0.3) is 0 Å². The number of likely N-dealkylation sites (N-methyl/N-ethyl adjacent to an activating group) is 1. The molecule has 82 valence electrons. The van der Waals surface area contributed by atoms with Crippen molar-refractivity contribution in [1.29, 1.82) is 0 Å². The summed E-state index contributed by atoms with van der Waals surface area (Å²) in [6, 6.07) is 4.44. The van der Waals surface area contributed by atoms with Crippen molar-refractivity contribution in [3.8, 4) is 11.5 Å². The van der Waals surface area contributed by atoms with Gasteiger partial charge in [0.2, 0.25) is 6.79 Å². The van der Waals surface area contributed by atoms with E-state index < -0.39 is 12.5 Å². The zero-order valence-electron chi connectivity index (χ0n) is 12.0. The SMILES string of the molecule is [2H]C([2H])(C)N[C@@]([2H])(C)Cc1ccc2c(c1)OCO2. The maximum atomic E-state index is 8.09. The van der Waals surface area contributed by atoms with Crippen LogP contribution in [0.5, 0.6) is 11.5 Å². The first kappa shape index (κ1) is 7.12. The van der Waals surface area contributed by atoms with Crippen LogP contribution >= 0.6 is 0 Å². The minimum absolute atomic E-state index is 0.229. The molecule has 3 nitrogen and oxygen atoms in total. The maximum Gasteiger partial charge on any atom is 0.231 e. The van der Waals surface area contributed by atoms with Crippen LogP contribution in [0.1, 0.15) is 23.5 Å². The quantitative estimate of drug-likeness (QED) is 0.824. The summed E-state index contributed by atoms with van der Waals surface area (Å²) < 4.78 is 33.5. The summed E-state index contributed by atoms with van der Waals surface area (Å²) in [5.41, 5.74) is 0.911. The number of fused-ring (bicyclic) bond motifs is 1. The molecule has 0 fully saturated rings. The fourth-order valence-corrected chi connectivity index (χ4v) is 1.61. The lowest BCUT2D eigenvalue weighted by Gasteiger charge is -2.12. The molecule has 15 heavy (non-hydrogen) atoms. The number of nitrogens with one attached hydrogen (secondary N) is 1. The van der Waals surface area contributed by atoms with Crippen LogP contribution in [0.3, 0.4) is 0 Å². The molecule has 1 aromatic carbocycles. The molecule has 0 unspecified atom stereocenters. The summed E-state index contributed by atoms with van der Waals surface area (Å²) in [5, 5.41) is 2.64. The minimum Gasteiger partial charge on any atom is -0.454 e. The Hall–Kier alpha value is -1.22. The third-order valence-electron chi connectivity index (χ3n) is 2.24. The zero-order chi connectivity index (χ0) is 13.4. The van der Waals surface area contributed by atoms with Gasteiger partial charge in [-0.1, -0.05) is 13.0 Å². The van der Waals surface area contributed by atoms with Gasteiger partial charge in [-0.05, 0) is 37.5 Å². The lowest BCUT2D eigenvalue weighted by atomic mass is 10.1. The van der Waals surface area contributed by atoms with E-state index in [1.165, 1.54) is 6.92 Å². The molecule has 0 bridgehead atoms. The van der Waals surface area contributed by atoms with Crippen LogP contribution in [0.4, 0.5) is 0 Å². The standard InChI is InChI=1S/C12H17NO2/c1-3-13-9(2)6-10-4-5-11-12(7-10)15-8-14-11/h4-5,7,9,13H,3,6,8H2,1-2H3/t9-/m0/s1/i3D2,9D. The predicted molar refractivity (Wildman–Crippen MR) is 59.4 cm³/mol. The first-order valence-corrected chi connectivity index (χ1v) is 4.93. The average molecular weight is 210 g/mol. The van der Waals surface area contributed by atoms with E-state index in [4.69, 9.17) is 13.6 Å². The Morgan fingerprint density at radius 1 is 1.53 bits per heavy atom. The highest BCUT2D eigenvalue weighted by molar-refractivity contribution is 5.44. The van der Waals surface area contributed by atoms with E-state index in [9.17, 15) is 0 Å². The Morgan fingerprint density at radius 2 is 2.33 bits per heavy atom. The van der Waals surface area contributed by atoms with Gasteiger partial charge in [-0.2, -0.15) is 0 Å².